The molecule has 0 amide bonds. The van der Waals surface area contributed by atoms with Crippen LogP contribution in [-0.4, -0.2) is 59.7 Å². The summed E-state index contributed by atoms with van der Waals surface area (Å²) in [5.74, 6) is 0.603. The van der Waals surface area contributed by atoms with Crippen molar-refractivity contribution in [3.63, 3.8) is 0 Å². The molecule has 20 heavy (non-hydrogen) atoms. The van der Waals surface area contributed by atoms with Gasteiger partial charge in [-0.2, -0.15) is 0 Å². The molecule has 0 aromatic carbocycles. The molecular weight excluding hydrogens is 252 g/mol. The molecule has 5 heteroatoms. The van der Waals surface area contributed by atoms with Crippen LogP contribution in [0.25, 0.3) is 0 Å². The molecule has 0 unspecified atom stereocenters. The summed E-state index contributed by atoms with van der Waals surface area (Å²) in [7, 11) is 0. The minimum absolute atomic E-state index is 0.394. The van der Waals surface area contributed by atoms with Crippen LogP contribution >= 0.6 is 0 Å². The Labute approximate surface area is 120 Å². The topological polar surface area (TPSA) is 54.6 Å². The zero-order valence-electron chi connectivity index (χ0n) is 12.2. The van der Waals surface area contributed by atoms with Gasteiger partial charge in [-0.1, -0.05) is 6.92 Å². The second-order valence-corrected chi connectivity index (χ2v) is 5.72. The molecule has 0 radical (unpaired) electrons. The van der Waals surface area contributed by atoms with Crippen LogP contribution in [0.4, 0.5) is 5.82 Å². The fourth-order valence-electron chi connectivity index (χ4n) is 3.32. The smallest absolute Gasteiger partial charge is 0.123 e. The van der Waals surface area contributed by atoms with E-state index >= 15 is 0 Å². The molecule has 1 aromatic rings. The number of hydrogen-bond acceptors (Lipinski definition) is 5. The van der Waals surface area contributed by atoms with Gasteiger partial charge in [0.05, 0.1) is 12.7 Å². The van der Waals surface area contributed by atoms with Gasteiger partial charge < -0.3 is 15.4 Å². The van der Waals surface area contributed by atoms with Gasteiger partial charge in [-0.05, 0) is 30.7 Å². The van der Waals surface area contributed by atoms with E-state index in [1.807, 2.05) is 6.07 Å². The number of hydrogen-bond donors (Lipinski definition) is 1. The lowest BCUT2D eigenvalue weighted by Crippen LogP contribution is -2.59. The van der Waals surface area contributed by atoms with E-state index in [2.05, 4.69) is 27.8 Å². The Morgan fingerprint density at radius 2 is 2.35 bits per heavy atom. The third kappa shape index (κ3) is 2.95. The van der Waals surface area contributed by atoms with Crippen molar-refractivity contribution in [3.05, 3.63) is 23.9 Å². The van der Waals surface area contributed by atoms with Crippen LogP contribution in [0.2, 0.25) is 0 Å². The van der Waals surface area contributed by atoms with E-state index in [0.717, 1.165) is 45.8 Å². The lowest BCUT2D eigenvalue weighted by molar-refractivity contribution is -0.105. The number of fused-ring (bicyclic) bond motifs is 1. The molecule has 2 aliphatic heterocycles. The Morgan fingerprint density at radius 1 is 1.45 bits per heavy atom. The monoisotopic (exact) mass is 276 g/mol. The van der Waals surface area contributed by atoms with E-state index in [1.54, 1.807) is 6.20 Å². The molecule has 2 aliphatic rings. The molecule has 2 atom stereocenters. The zero-order valence-corrected chi connectivity index (χ0v) is 12.2. The van der Waals surface area contributed by atoms with Crippen molar-refractivity contribution >= 4 is 5.82 Å². The third-order valence-corrected chi connectivity index (χ3v) is 4.46. The quantitative estimate of drug-likeness (QED) is 0.891. The van der Waals surface area contributed by atoms with Gasteiger partial charge in [-0.25, -0.2) is 4.98 Å². The highest BCUT2D eigenvalue weighted by Crippen LogP contribution is 2.24. The first-order valence-electron chi connectivity index (χ1n) is 7.54. The van der Waals surface area contributed by atoms with Crippen molar-refractivity contribution in [1.29, 1.82) is 0 Å². The lowest BCUT2D eigenvalue weighted by atomic mass is 9.98. The number of ether oxygens (including phenoxy) is 1. The number of pyridine rings is 1. The fraction of sp³-hybridized carbons (Fsp3) is 0.667. The minimum Gasteiger partial charge on any atom is -0.384 e. The van der Waals surface area contributed by atoms with E-state index in [9.17, 15) is 0 Å². The Balaban J connectivity index is 1.71. The van der Waals surface area contributed by atoms with Crippen molar-refractivity contribution < 1.29 is 4.74 Å². The zero-order chi connectivity index (χ0) is 13.9. The second kappa shape index (κ2) is 6.08. The number of likely N-dealkylation sites (tertiary alicyclic amines) is 1. The summed E-state index contributed by atoms with van der Waals surface area (Å²) in [6, 6.07) is 4.54. The molecule has 3 rings (SSSR count). The molecule has 2 fully saturated rings. The van der Waals surface area contributed by atoms with Gasteiger partial charge in [0, 0.05) is 38.4 Å². The Bertz CT molecular complexity index is 453. The van der Waals surface area contributed by atoms with Crippen LogP contribution < -0.4 is 5.73 Å². The number of aromatic nitrogens is 1. The number of nitrogens with zero attached hydrogens (tertiary/aromatic N) is 3. The van der Waals surface area contributed by atoms with E-state index in [4.69, 9.17) is 10.5 Å². The molecule has 3 heterocycles. The minimum atomic E-state index is 0.394. The Hall–Kier alpha value is -1.17. The number of likely N-dealkylation sites (N-methyl/N-ethyl adjacent to an activating group) is 1. The van der Waals surface area contributed by atoms with Crippen LogP contribution in [0, 0.1) is 0 Å². The maximum atomic E-state index is 5.96. The van der Waals surface area contributed by atoms with E-state index in [-0.39, 0.29) is 0 Å². The van der Waals surface area contributed by atoms with Gasteiger partial charge in [0.25, 0.3) is 0 Å². The maximum absolute atomic E-state index is 5.96. The Morgan fingerprint density at radius 3 is 3.15 bits per heavy atom. The van der Waals surface area contributed by atoms with Gasteiger partial charge in [0.15, 0.2) is 0 Å². The molecule has 2 N–H and O–H groups in total. The second-order valence-electron chi connectivity index (χ2n) is 5.72. The molecular formula is C15H24N4O. The van der Waals surface area contributed by atoms with Crippen molar-refractivity contribution in [1.82, 2.24) is 14.8 Å². The summed E-state index contributed by atoms with van der Waals surface area (Å²) in [6.45, 7) is 8.41. The number of rotatable bonds is 3. The number of anilines is 1. The SMILES string of the molecule is CCN1CC[C@H]2OCCN(Cc3ccnc(N)c3)[C@H]2C1. The van der Waals surface area contributed by atoms with Gasteiger partial charge >= 0.3 is 0 Å². The largest absolute Gasteiger partial charge is 0.384 e. The molecule has 2 saturated heterocycles. The van der Waals surface area contributed by atoms with Crippen LogP contribution in [0.1, 0.15) is 18.9 Å². The van der Waals surface area contributed by atoms with E-state index in [1.165, 1.54) is 5.56 Å². The lowest BCUT2D eigenvalue weighted by Gasteiger charge is -2.47. The summed E-state index contributed by atoms with van der Waals surface area (Å²) in [4.78, 5) is 9.13. The molecule has 0 spiro atoms. The van der Waals surface area contributed by atoms with Gasteiger partial charge in [-0.3, -0.25) is 4.90 Å². The summed E-state index contributed by atoms with van der Waals surface area (Å²) in [5, 5.41) is 0. The van der Waals surface area contributed by atoms with Crippen molar-refractivity contribution in [2.24, 2.45) is 0 Å². The van der Waals surface area contributed by atoms with Gasteiger partial charge in [0.2, 0.25) is 0 Å². The van der Waals surface area contributed by atoms with Crippen molar-refractivity contribution in [2.45, 2.75) is 32.0 Å². The van der Waals surface area contributed by atoms with Crippen molar-refractivity contribution in [2.75, 3.05) is 38.5 Å². The number of nitrogens with two attached hydrogens (primary N) is 1. The molecule has 0 aliphatic carbocycles. The standard InChI is InChI=1S/C15H24N4O/c1-2-18-6-4-14-13(11-18)19(7-8-20-14)10-12-3-5-17-15(16)9-12/h3,5,9,13-14H,2,4,6-8,10-11H2,1H3,(H2,16,17)/t13-,14+/m0/s1. The third-order valence-electron chi connectivity index (χ3n) is 4.46. The highest BCUT2D eigenvalue weighted by Gasteiger charge is 2.36. The average Bonchev–Trinajstić information content (AvgIpc) is 2.47. The highest BCUT2D eigenvalue weighted by molar-refractivity contribution is 5.31. The molecule has 5 nitrogen and oxygen atoms in total. The van der Waals surface area contributed by atoms with Gasteiger partial charge in [-0.15, -0.1) is 0 Å². The average molecular weight is 276 g/mol. The first-order valence-corrected chi connectivity index (χ1v) is 7.54. The summed E-state index contributed by atoms with van der Waals surface area (Å²) < 4.78 is 5.96. The first-order chi connectivity index (χ1) is 9.76. The summed E-state index contributed by atoms with van der Waals surface area (Å²) in [6.07, 6.45) is 3.33. The number of piperidine rings is 1. The predicted molar refractivity (Wildman–Crippen MR) is 79.3 cm³/mol. The molecule has 110 valence electrons. The van der Waals surface area contributed by atoms with Crippen LogP contribution in [-0.2, 0) is 11.3 Å². The number of nitrogen functional groups attached to an aromatic ring is 1. The molecule has 0 saturated carbocycles. The van der Waals surface area contributed by atoms with E-state index in [0.29, 0.717) is 18.0 Å². The van der Waals surface area contributed by atoms with Crippen LogP contribution in [0.3, 0.4) is 0 Å². The molecule has 1 aromatic heterocycles. The summed E-state index contributed by atoms with van der Waals surface area (Å²) >= 11 is 0. The highest BCUT2D eigenvalue weighted by atomic mass is 16.5. The molecule has 0 bridgehead atoms. The van der Waals surface area contributed by atoms with Crippen LogP contribution in [0.15, 0.2) is 18.3 Å². The van der Waals surface area contributed by atoms with Gasteiger partial charge in [0.1, 0.15) is 5.82 Å². The van der Waals surface area contributed by atoms with E-state index < -0.39 is 0 Å². The maximum Gasteiger partial charge on any atom is 0.123 e. The first kappa shape index (κ1) is 13.8. The normalized spacial score (nSPS) is 28.2. The fourth-order valence-corrected chi connectivity index (χ4v) is 3.32. The van der Waals surface area contributed by atoms with Crippen LogP contribution in [0.5, 0.6) is 0 Å². The number of morpholine rings is 1. The van der Waals surface area contributed by atoms with Crippen molar-refractivity contribution in [3.8, 4) is 0 Å². The predicted octanol–water partition coefficient (Wildman–Crippen LogP) is 0.959. The summed E-state index contributed by atoms with van der Waals surface area (Å²) in [5.41, 5.74) is 7.02. The Kier molecular flexibility index (Phi) is 4.19.